The molecule has 1 saturated carbocycles. The summed E-state index contributed by atoms with van der Waals surface area (Å²) in [6, 6.07) is 2.56. The Morgan fingerprint density at radius 1 is 1.33 bits per heavy atom. The molecule has 1 fully saturated rings. The Labute approximate surface area is 122 Å². The Kier molecular flexibility index (Phi) is 2.91. The molecule has 4 rings (SSSR count). The lowest BCUT2D eigenvalue weighted by Crippen LogP contribution is -2.16. The van der Waals surface area contributed by atoms with E-state index in [2.05, 4.69) is 33.3 Å². The zero-order valence-electron chi connectivity index (χ0n) is 12.0. The third-order valence-corrected chi connectivity index (χ3v) is 4.29. The number of aromatic nitrogens is 3. The van der Waals surface area contributed by atoms with Crippen molar-refractivity contribution in [2.24, 2.45) is 5.92 Å². The number of pyridine rings is 1. The molecule has 0 spiro atoms. The zero-order valence-corrected chi connectivity index (χ0v) is 12.0. The summed E-state index contributed by atoms with van der Waals surface area (Å²) < 4.78 is 5.47. The quantitative estimate of drug-likeness (QED) is 0.766. The van der Waals surface area contributed by atoms with Crippen molar-refractivity contribution in [3.05, 3.63) is 30.9 Å². The first-order valence-electron chi connectivity index (χ1n) is 7.44. The summed E-state index contributed by atoms with van der Waals surface area (Å²) in [5.41, 5.74) is 2.88. The molecule has 0 aromatic carbocycles. The summed E-state index contributed by atoms with van der Waals surface area (Å²) in [7, 11) is 0. The number of rotatable bonds is 3. The highest BCUT2D eigenvalue weighted by Gasteiger charge is 2.24. The summed E-state index contributed by atoms with van der Waals surface area (Å²) in [5.74, 6) is 1.40. The van der Waals surface area contributed by atoms with Crippen LogP contribution in [-0.4, -0.2) is 21.0 Å². The monoisotopic (exact) mass is 282 g/mol. The molecule has 0 amide bonds. The fourth-order valence-electron chi connectivity index (χ4n) is 3.22. The fraction of sp³-hybridized carbons (Fsp3) is 0.375. The van der Waals surface area contributed by atoms with Crippen LogP contribution in [-0.2, 0) is 0 Å². The van der Waals surface area contributed by atoms with Crippen LogP contribution in [0.4, 0.5) is 5.69 Å². The molecule has 108 valence electrons. The first kappa shape index (κ1) is 12.4. The highest BCUT2D eigenvalue weighted by Crippen LogP contribution is 2.35. The zero-order chi connectivity index (χ0) is 14.2. The van der Waals surface area contributed by atoms with E-state index in [1.165, 1.54) is 19.3 Å². The third-order valence-electron chi connectivity index (χ3n) is 4.29. The highest BCUT2D eigenvalue weighted by molar-refractivity contribution is 5.97. The maximum atomic E-state index is 5.47. The average Bonchev–Trinajstić information content (AvgIpc) is 3.19. The Morgan fingerprint density at radius 3 is 3.05 bits per heavy atom. The van der Waals surface area contributed by atoms with Gasteiger partial charge in [-0.25, -0.2) is 9.97 Å². The van der Waals surface area contributed by atoms with Crippen LogP contribution in [0.2, 0.25) is 0 Å². The van der Waals surface area contributed by atoms with Crippen LogP contribution in [0.1, 0.15) is 26.2 Å². The van der Waals surface area contributed by atoms with Crippen molar-refractivity contribution in [3.63, 3.8) is 0 Å². The molecular formula is C16H18N4O. The molecule has 0 saturated heterocycles. The molecule has 2 atom stereocenters. The second-order valence-corrected chi connectivity index (χ2v) is 5.88. The predicted molar refractivity (Wildman–Crippen MR) is 82.0 cm³/mol. The van der Waals surface area contributed by atoms with Gasteiger partial charge in [-0.05, 0) is 31.2 Å². The summed E-state index contributed by atoms with van der Waals surface area (Å²) in [5, 5.41) is 4.79. The van der Waals surface area contributed by atoms with Crippen molar-refractivity contribution in [1.82, 2.24) is 15.0 Å². The number of aromatic amines is 1. The lowest BCUT2D eigenvalue weighted by atomic mass is 10.1. The van der Waals surface area contributed by atoms with Gasteiger partial charge in [-0.1, -0.05) is 6.92 Å². The molecular weight excluding hydrogens is 264 g/mol. The molecule has 0 aliphatic heterocycles. The largest absolute Gasteiger partial charge is 0.444 e. The van der Waals surface area contributed by atoms with Crippen molar-refractivity contribution in [1.29, 1.82) is 0 Å². The number of hydrogen-bond acceptors (Lipinski definition) is 4. The van der Waals surface area contributed by atoms with Crippen LogP contribution in [0.3, 0.4) is 0 Å². The molecule has 0 radical (unpaired) electrons. The van der Waals surface area contributed by atoms with E-state index in [1.54, 1.807) is 12.5 Å². The molecule has 0 unspecified atom stereocenters. The van der Waals surface area contributed by atoms with Gasteiger partial charge in [0.2, 0.25) is 5.89 Å². The smallest absolute Gasteiger partial charge is 0.229 e. The van der Waals surface area contributed by atoms with Gasteiger partial charge in [0.15, 0.2) is 0 Å². The standard InChI is InChI=1S/C16H18N4O/c1-10-2-3-11(8-10)20-14-12-4-5-17-15(12)19-9-13(14)16-18-6-7-21-16/h4-7,9-11H,2-3,8H2,1H3,(H2,17,19,20)/t10-,11+/m0/s1. The van der Waals surface area contributed by atoms with Crippen molar-refractivity contribution in [2.75, 3.05) is 5.32 Å². The first-order valence-corrected chi connectivity index (χ1v) is 7.44. The van der Waals surface area contributed by atoms with Crippen LogP contribution < -0.4 is 5.32 Å². The summed E-state index contributed by atoms with van der Waals surface area (Å²) in [6.45, 7) is 2.31. The van der Waals surface area contributed by atoms with Gasteiger partial charge in [-0.2, -0.15) is 0 Å². The Balaban J connectivity index is 1.80. The van der Waals surface area contributed by atoms with Crippen molar-refractivity contribution in [2.45, 2.75) is 32.2 Å². The maximum Gasteiger partial charge on any atom is 0.229 e. The van der Waals surface area contributed by atoms with Gasteiger partial charge in [0.05, 0.1) is 17.4 Å². The molecule has 3 heterocycles. The number of nitrogens with zero attached hydrogens (tertiary/aromatic N) is 2. The number of anilines is 1. The van der Waals surface area contributed by atoms with E-state index >= 15 is 0 Å². The van der Waals surface area contributed by atoms with Crippen molar-refractivity contribution in [3.8, 4) is 11.5 Å². The number of H-pyrrole nitrogens is 1. The molecule has 5 nitrogen and oxygen atoms in total. The number of nitrogens with one attached hydrogen (secondary N) is 2. The van der Waals surface area contributed by atoms with Gasteiger partial charge in [-0.3, -0.25) is 0 Å². The third kappa shape index (κ3) is 2.18. The van der Waals surface area contributed by atoms with Crippen LogP contribution in [0.15, 0.2) is 35.3 Å². The van der Waals surface area contributed by atoms with Crippen LogP contribution >= 0.6 is 0 Å². The van der Waals surface area contributed by atoms with E-state index in [4.69, 9.17) is 4.42 Å². The lowest BCUT2D eigenvalue weighted by molar-refractivity contribution is 0.574. The van der Waals surface area contributed by atoms with Gasteiger partial charge in [0, 0.05) is 23.8 Å². The Hall–Kier alpha value is -2.30. The average molecular weight is 282 g/mol. The summed E-state index contributed by atoms with van der Waals surface area (Å²) in [4.78, 5) is 11.9. The lowest BCUT2D eigenvalue weighted by Gasteiger charge is -2.17. The number of fused-ring (bicyclic) bond motifs is 1. The topological polar surface area (TPSA) is 66.7 Å². The van der Waals surface area contributed by atoms with Crippen LogP contribution in [0.25, 0.3) is 22.5 Å². The van der Waals surface area contributed by atoms with Gasteiger partial charge < -0.3 is 14.7 Å². The minimum Gasteiger partial charge on any atom is -0.444 e. The molecule has 1 aliphatic rings. The highest BCUT2D eigenvalue weighted by atomic mass is 16.3. The van der Waals surface area contributed by atoms with E-state index < -0.39 is 0 Å². The summed E-state index contributed by atoms with van der Waals surface area (Å²) in [6.07, 6.45) is 10.7. The number of oxazole rings is 1. The number of hydrogen-bond donors (Lipinski definition) is 2. The van der Waals surface area contributed by atoms with Crippen LogP contribution in [0, 0.1) is 5.92 Å². The molecule has 21 heavy (non-hydrogen) atoms. The molecule has 0 bridgehead atoms. The van der Waals surface area contributed by atoms with E-state index in [-0.39, 0.29) is 0 Å². The Morgan fingerprint density at radius 2 is 2.29 bits per heavy atom. The van der Waals surface area contributed by atoms with Gasteiger partial charge in [0.1, 0.15) is 11.9 Å². The molecule has 3 aromatic heterocycles. The van der Waals surface area contributed by atoms with Gasteiger partial charge >= 0.3 is 0 Å². The first-order chi connectivity index (χ1) is 10.3. The normalized spacial score (nSPS) is 22.0. The SMILES string of the molecule is C[C@H]1CC[C@@H](Nc2c(-c3ncco3)cnc3[nH]ccc23)C1. The van der Waals surface area contributed by atoms with E-state index in [0.29, 0.717) is 11.9 Å². The van der Waals surface area contributed by atoms with E-state index in [1.807, 2.05) is 12.4 Å². The second-order valence-electron chi connectivity index (χ2n) is 5.88. The molecule has 1 aliphatic carbocycles. The van der Waals surface area contributed by atoms with Crippen molar-refractivity contribution < 1.29 is 4.42 Å². The predicted octanol–water partition coefficient (Wildman–Crippen LogP) is 3.82. The second kappa shape index (κ2) is 4.91. The van der Waals surface area contributed by atoms with Crippen molar-refractivity contribution >= 4 is 16.7 Å². The minimum absolute atomic E-state index is 0.509. The molecule has 2 N–H and O–H groups in total. The van der Waals surface area contributed by atoms with E-state index in [9.17, 15) is 0 Å². The van der Waals surface area contributed by atoms with Crippen LogP contribution in [0.5, 0.6) is 0 Å². The van der Waals surface area contributed by atoms with E-state index in [0.717, 1.165) is 28.2 Å². The Bertz CT molecular complexity index is 747. The minimum atomic E-state index is 0.509. The van der Waals surface area contributed by atoms with Gasteiger partial charge in [-0.15, -0.1) is 0 Å². The summed E-state index contributed by atoms with van der Waals surface area (Å²) >= 11 is 0. The van der Waals surface area contributed by atoms with Gasteiger partial charge in [0.25, 0.3) is 0 Å². The maximum absolute atomic E-state index is 5.47. The molecule has 3 aromatic rings. The molecule has 5 heteroatoms. The fourth-order valence-corrected chi connectivity index (χ4v) is 3.22.